The highest BCUT2D eigenvalue weighted by molar-refractivity contribution is 9.10. The topological polar surface area (TPSA) is 99.6 Å². The van der Waals surface area contributed by atoms with Crippen LogP contribution in [-0.4, -0.2) is 27.9 Å². The molecular weight excluding hydrogens is 508 g/mol. The molecule has 10 heteroatoms. The molecule has 0 aliphatic heterocycles. The number of nitro groups is 1. The number of methoxy groups -OCH3 is 1. The highest BCUT2D eigenvalue weighted by atomic mass is 79.9. The fourth-order valence-electron chi connectivity index (χ4n) is 2.87. The number of nitrogens with zero attached hydrogens (tertiary/aromatic N) is 4. The molecule has 0 saturated carbocycles. The van der Waals surface area contributed by atoms with Gasteiger partial charge in [0.05, 0.1) is 29.2 Å². The predicted octanol–water partition coefficient (Wildman–Crippen LogP) is 4.67. The molecule has 0 amide bonds. The summed E-state index contributed by atoms with van der Waals surface area (Å²) >= 11 is 6.62. The molecule has 0 aliphatic carbocycles. The minimum Gasteiger partial charge on any atom is -0.490 e. The largest absolute Gasteiger partial charge is 0.490 e. The number of halogens is 2. The van der Waals surface area contributed by atoms with Crippen LogP contribution in [-0.2, 0) is 6.42 Å². The molecule has 1 aromatic heterocycles. The van der Waals surface area contributed by atoms with Crippen LogP contribution in [0.3, 0.4) is 0 Å². The molecule has 0 bridgehead atoms. The Hall–Kier alpha value is -2.59. The molecule has 0 radical (unpaired) electrons. The molecule has 1 heterocycles. The van der Waals surface area contributed by atoms with E-state index >= 15 is 0 Å². The first-order valence-corrected chi connectivity index (χ1v) is 10.2. The number of rotatable bonds is 6. The van der Waals surface area contributed by atoms with Gasteiger partial charge >= 0.3 is 5.69 Å². The minimum atomic E-state index is -0.537. The highest BCUT2D eigenvalue weighted by Crippen LogP contribution is 2.33. The van der Waals surface area contributed by atoms with E-state index < -0.39 is 4.92 Å². The van der Waals surface area contributed by atoms with Gasteiger partial charge in [0.25, 0.3) is 5.56 Å². The van der Waals surface area contributed by atoms with E-state index in [0.29, 0.717) is 33.2 Å². The van der Waals surface area contributed by atoms with Crippen LogP contribution in [0.25, 0.3) is 10.9 Å². The van der Waals surface area contributed by atoms with Crippen molar-refractivity contribution in [2.45, 2.75) is 19.8 Å². The zero-order valence-corrected chi connectivity index (χ0v) is 18.7. The molecule has 0 N–H and O–H groups in total. The van der Waals surface area contributed by atoms with Crippen molar-refractivity contribution in [3.05, 3.63) is 71.1 Å². The van der Waals surface area contributed by atoms with Crippen molar-refractivity contribution in [2.24, 2.45) is 5.10 Å². The van der Waals surface area contributed by atoms with E-state index in [4.69, 9.17) is 4.74 Å². The first-order chi connectivity index (χ1) is 13.8. The van der Waals surface area contributed by atoms with Crippen LogP contribution in [0.15, 0.2) is 49.2 Å². The van der Waals surface area contributed by atoms with E-state index in [0.717, 1.165) is 10.9 Å². The number of nitro benzene ring substituents is 1. The third-order valence-electron chi connectivity index (χ3n) is 4.12. The first kappa shape index (κ1) is 21.1. The summed E-state index contributed by atoms with van der Waals surface area (Å²) in [6.07, 6.45) is 2.69. The molecule has 0 atom stereocenters. The van der Waals surface area contributed by atoms with Gasteiger partial charge in [-0.2, -0.15) is 9.78 Å². The van der Waals surface area contributed by atoms with E-state index in [1.165, 1.54) is 24.1 Å². The van der Waals surface area contributed by atoms with Crippen LogP contribution < -0.4 is 10.3 Å². The Bertz CT molecular complexity index is 1190. The summed E-state index contributed by atoms with van der Waals surface area (Å²) in [5.74, 6) is 0.565. The van der Waals surface area contributed by atoms with Crippen LogP contribution in [0.4, 0.5) is 5.69 Å². The van der Waals surface area contributed by atoms with Gasteiger partial charge in [-0.1, -0.05) is 38.8 Å². The van der Waals surface area contributed by atoms with Crippen molar-refractivity contribution in [1.29, 1.82) is 0 Å². The molecule has 29 heavy (non-hydrogen) atoms. The fourth-order valence-corrected chi connectivity index (χ4v) is 3.70. The number of ether oxygens (including phenoxy) is 1. The van der Waals surface area contributed by atoms with Crippen molar-refractivity contribution in [3.63, 3.8) is 0 Å². The van der Waals surface area contributed by atoms with Gasteiger partial charge in [0.1, 0.15) is 5.82 Å². The van der Waals surface area contributed by atoms with Gasteiger partial charge in [0.2, 0.25) is 5.75 Å². The average Bonchev–Trinajstić information content (AvgIpc) is 2.68. The molecule has 0 aliphatic rings. The van der Waals surface area contributed by atoms with Gasteiger partial charge in [0, 0.05) is 27.0 Å². The molecule has 3 rings (SSSR count). The lowest BCUT2D eigenvalue weighted by atomic mass is 10.2. The summed E-state index contributed by atoms with van der Waals surface area (Å²) in [5, 5.41) is 16.0. The molecule has 8 nitrogen and oxygen atoms in total. The number of hydrogen-bond donors (Lipinski definition) is 0. The van der Waals surface area contributed by atoms with Crippen LogP contribution >= 0.6 is 31.9 Å². The van der Waals surface area contributed by atoms with Gasteiger partial charge in [-0.05, 0) is 30.7 Å². The van der Waals surface area contributed by atoms with E-state index in [1.54, 1.807) is 18.2 Å². The number of fused-ring (bicyclic) bond motifs is 1. The Balaban J connectivity index is 2.21. The van der Waals surface area contributed by atoms with Gasteiger partial charge in [-0.3, -0.25) is 14.9 Å². The second-order valence-electron chi connectivity index (χ2n) is 6.11. The highest BCUT2D eigenvalue weighted by Gasteiger charge is 2.19. The summed E-state index contributed by atoms with van der Waals surface area (Å²) in [6.45, 7) is 1.98. The first-order valence-electron chi connectivity index (χ1n) is 8.63. The minimum absolute atomic E-state index is 0.0588. The Morgan fingerprint density at radius 3 is 2.69 bits per heavy atom. The van der Waals surface area contributed by atoms with Gasteiger partial charge in [0.15, 0.2) is 0 Å². The van der Waals surface area contributed by atoms with Gasteiger partial charge in [-0.25, -0.2) is 4.98 Å². The van der Waals surface area contributed by atoms with Crippen LogP contribution in [0, 0.1) is 10.1 Å². The second-order valence-corrected chi connectivity index (χ2v) is 7.94. The van der Waals surface area contributed by atoms with Crippen molar-refractivity contribution in [1.82, 2.24) is 9.66 Å². The average molecular weight is 524 g/mol. The SMILES string of the molecule is CCCc1nc2ccc(Br)cc2c(=O)n1N=Cc1cc(Br)cc([N+](=O)[O-])c1OC. The number of hydrogen-bond acceptors (Lipinski definition) is 6. The second kappa shape index (κ2) is 8.83. The molecule has 0 saturated heterocycles. The van der Waals surface area contributed by atoms with Crippen molar-refractivity contribution in [2.75, 3.05) is 7.11 Å². The number of aromatic nitrogens is 2. The van der Waals surface area contributed by atoms with Gasteiger partial charge < -0.3 is 4.74 Å². The number of benzene rings is 2. The molecule has 0 fully saturated rings. The van der Waals surface area contributed by atoms with Gasteiger partial charge in [-0.15, -0.1) is 0 Å². The molecule has 2 aromatic carbocycles. The third kappa shape index (κ3) is 4.38. The summed E-state index contributed by atoms with van der Waals surface area (Å²) in [4.78, 5) is 28.4. The lowest BCUT2D eigenvalue weighted by molar-refractivity contribution is -0.385. The molecular formula is C19H16Br2N4O4. The predicted molar refractivity (Wildman–Crippen MR) is 118 cm³/mol. The zero-order valence-electron chi connectivity index (χ0n) is 15.6. The monoisotopic (exact) mass is 522 g/mol. The lowest BCUT2D eigenvalue weighted by Crippen LogP contribution is -2.22. The fraction of sp³-hybridized carbons (Fsp3) is 0.211. The van der Waals surface area contributed by atoms with E-state index in [2.05, 4.69) is 41.9 Å². The van der Waals surface area contributed by atoms with Crippen LogP contribution in [0.2, 0.25) is 0 Å². The summed E-state index contributed by atoms with van der Waals surface area (Å²) in [5.41, 5.74) is 0.422. The maximum Gasteiger partial charge on any atom is 0.312 e. The normalized spacial score (nSPS) is 11.3. The number of aryl methyl sites for hydroxylation is 1. The maximum atomic E-state index is 13.0. The summed E-state index contributed by atoms with van der Waals surface area (Å²) in [7, 11) is 1.34. The smallest absolute Gasteiger partial charge is 0.312 e. The van der Waals surface area contributed by atoms with Crippen LogP contribution in [0.5, 0.6) is 5.75 Å². The Kier molecular flexibility index (Phi) is 6.43. The van der Waals surface area contributed by atoms with E-state index in [1.807, 2.05) is 13.0 Å². The van der Waals surface area contributed by atoms with E-state index in [9.17, 15) is 14.9 Å². The Morgan fingerprint density at radius 2 is 2.03 bits per heavy atom. The molecule has 3 aromatic rings. The van der Waals surface area contributed by atoms with Crippen molar-refractivity contribution >= 4 is 54.7 Å². The Labute approximate surface area is 182 Å². The molecule has 0 unspecified atom stereocenters. The summed E-state index contributed by atoms with van der Waals surface area (Å²) in [6, 6.07) is 8.26. The molecule has 0 spiro atoms. The maximum absolute atomic E-state index is 13.0. The van der Waals surface area contributed by atoms with Crippen molar-refractivity contribution < 1.29 is 9.66 Å². The molecule has 150 valence electrons. The van der Waals surface area contributed by atoms with Crippen LogP contribution in [0.1, 0.15) is 24.7 Å². The third-order valence-corrected chi connectivity index (χ3v) is 5.08. The zero-order chi connectivity index (χ0) is 21.1. The standard InChI is InChI=1S/C19H16Br2N4O4/c1-3-4-17-23-15-6-5-12(20)8-14(15)19(26)24(17)22-10-11-7-13(21)9-16(25(27)28)18(11)29-2/h5-10H,3-4H2,1-2H3. The summed E-state index contributed by atoms with van der Waals surface area (Å²) < 4.78 is 7.69. The quantitative estimate of drug-likeness (QED) is 0.265. The Morgan fingerprint density at radius 1 is 1.28 bits per heavy atom. The lowest BCUT2D eigenvalue weighted by Gasteiger charge is -2.10. The van der Waals surface area contributed by atoms with E-state index in [-0.39, 0.29) is 17.0 Å². The van der Waals surface area contributed by atoms with Crippen molar-refractivity contribution in [3.8, 4) is 5.75 Å².